The molecule has 0 bridgehead atoms. The molecule has 2 nitrogen and oxygen atoms in total. The van der Waals surface area contributed by atoms with Crippen LogP contribution in [0, 0.1) is 0 Å². The molecule has 0 heterocycles. The summed E-state index contributed by atoms with van der Waals surface area (Å²) in [5.74, 6) is 0.866. The van der Waals surface area contributed by atoms with Crippen molar-refractivity contribution in [3.8, 4) is 5.75 Å². The summed E-state index contributed by atoms with van der Waals surface area (Å²) in [6, 6.07) is 13.6. The number of ether oxygens (including phenoxy) is 1. The van der Waals surface area contributed by atoms with Crippen molar-refractivity contribution in [3.63, 3.8) is 0 Å². The van der Waals surface area contributed by atoms with Gasteiger partial charge >= 0.3 is 0 Å². The van der Waals surface area contributed by atoms with Crippen LogP contribution in [0.25, 0.3) is 0 Å². The highest BCUT2D eigenvalue weighted by atomic mass is 79.9. The van der Waals surface area contributed by atoms with Crippen LogP contribution in [-0.4, -0.2) is 6.61 Å². The van der Waals surface area contributed by atoms with Gasteiger partial charge in [0.2, 0.25) is 0 Å². The lowest BCUT2D eigenvalue weighted by molar-refractivity contribution is 0.359. The first kappa shape index (κ1) is 14.9. The Labute approximate surface area is 132 Å². The van der Waals surface area contributed by atoms with Crippen LogP contribution in [0.5, 0.6) is 5.75 Å². The van der Waals surface area contributed by atoms with Gasteiger partial charge in [-0.25, -0.2) is 0 Å². The van der Waals surface area contributed by atoms with Gasteiger partial charge in [0.1, 0.15) is 12.4 Å². The molecular formula is C16H15BrClNO. The van der Waals surface area contributed by atoms with Crippen LogP contribution in [0.2, 0.25) is 5.02 Å². The zero-order chi connectivity index (χ0) is 14.4. The van der Waals surface area contributed by atoms with E-state index in [0.717, 1.165) is 21.5 Å². The highest BCUT2D eigenvalue weighted by Gasteiger charge is 2.04. The van der Waals surface area contributed by atoms with Gasteiger partial charge in [-0.3, -0.25) is 0 Å². The molecule has 0 fully saturated rings. The van der Waals surface area contributed by atoms with Crippen LogP contribution in [-0.2, 0) is 6.54 Å². The lowest BCUT2D eigenvalue weighted by atomic mass is 10.2. The average molecular weight is 353 g/mol. The summed E-state index contributed by atoms with van der Waals surface area (Å²) < 4.78 is 6.57. The van der Waals surface area contributed by atoms with Gasteiger partial charge in [-0.05, 0) is 40.2 Å². The second-order valence-electron chi connectivity index (χ2n) is 4.19. The molecule has 0 aliphatic carbocycles. The number of benzene rings is 2. The van der Waals surface area contributed by atoms with E-state index >= 15 is 0 Å². The topological polar surface area (TPSA) is 21.3 Å². The number of hydrogen-bond acceptors (Lipinski definition) is 2. The second kappa shape index (κ2) is 7.36. The van der Waals surface area contributed by atoms with Gasteiger partial charge in [-0.15, -0.1) is 0 Å². The Morgan fingerprint density at radius 1 is 1.25 bits per heavy atom. The van der Waals surface area contributed by atoms with Crippen molar-refractivity contribution in [1.82, 2.24) is 0 Å². The lowest BCUT2D eigenvalue weighted by Crippen LogP contribution is -2.03. The minimum atomic E-state index is 0.502. The van der Waals surface area contributed by atoms with Crippen LogP contribution in [0.3, 0.4) is 0 Å². The van der Waals surface area contributed by atoms with Gasteiger partial charge in [-0.1, -0.05) is 42.5 Å². The third-order valence-electron chi connectivity index (χ3n) is 2.73. The Hall–Kier alpha value is -1.45. The smallest absolute Gasteiger partial charge is 0.124 e. The van der Waals surface area contributed by atoms with Gasteiger partial charge in [0.15, 0.2) is 0 Å². The van der Waals surface area contributed by atoms with E-state index in [1.54, 1.807) is 6.08 Å². The van der Waals surface area contributed by atoms with Gasteiger partial charge < -0.3 is 10.1 Å². The van der Waals surface area contributed by atoms with Crippen molar-refractivity contribution in [2.45, 2.75) is 6.54 Å². The van der Waals surface area contributed by atoms with E-state index in [1.807, 2.05) is 42.5 Å². The van der Waals surface area contributed by atoms with E-state index in [0.29, 0.717) is 18.2 Å². The quantitative estimate of drug-likeness (QED) is 0.714. The van der Waals surface area contributed by atoms with Crippen molar-refractivity contribution < 1.29 is 4.74 Å². The van der Waals surface area contributed by atoms with E-state index in [9.17, 15) is 0 Å². The number of rotatable bonds is 6. The summed E-state index contributed by atoms with van der Waals surface area (Å²) in [5.41, 5.74) is 2.09. The molecule has 0 spiro atoms. The van der Waals surface area contributed by atoms with Gasteiger partial charge in [0, 0.05) is 27.3 Å². The van der Waals surface area contributed by atoms with Crippen molar-refractivity contribution in [2.24, 2.45) is 0 Å². The fourth-order valence-corrected chi connectivity index (χ4v) is 2.59. The second-order valence-corrected chi connectivity index (χ2v) is 5.48. The lowest BCUT2D eigenvalue weighted by Gasteiger charge is -2.13. The molecule has 0 amide bonds. The average Bonchev–Trinajstić information content (AvgIpc) is 2.45. The van der Waals surface area contributed by atoms with Crippen molar-refractivity contribution >= 4 is 33.2 Å². The molecule has 2 rings (SSSR count). The molecule has 0 radical (unpaired) electrons. The fourth-order valence-electron chi connectivity index (χ4n) is 1.76. The maximum absolute atomic E-state index is 5.93. The molecule has 0 saturated heterocycles. The number of halogens is 2. The molecule has 0 aliphatic rings. The highest BCUT2D eigenvalue weighted by Crippen LogP contribution is 2.27. The SMILES string of the molecule is C=CCOc1ccccc1CNc1ccc(Cl)cc1Br. The maximum Gasteiger partial charge on any atom is 0.124 e. The van der Waals surface area contributed by atoms with Gasteiger partial charge in [0.25, 0.3) is 0 Å². The highest BCUT2D eigenvalue weighted by molar-refractivity contribution is 9.10. The summed E-state index contributed by atoms with van der Waals surface area (Å²) in [6.45, 7) is 4.84. The normalized spacial score (nSPS) is 10.1. The van der Waals surface area contributed by atoms with Gasteiger partial charge in [-0.2, -0.15) is 0 Å². The van der Waals surface area contributed by atoms with E-state index in [-0.39, 0.29) is 0 Å². The first-order valence-electron chi connectivity index (χ1n) is 6.21. The monoisotopic (exact) mass is 351 g/mol. The molecule has 0 aliphatic heterocycles. The van der Waals surface area contributed by atoms with E-state index in [4.69, 9.17) is 16.3 Å². The minimum absolute atomic E-state index is 0.502. The van der Waals surface area contributed by atoms with E-state index < -0.39 is 0 Å². The van der Waals surface area contributed by atoms with E-state index in [1.165, 1.54) is 0 Å². The first-order chi connectivity index (χ1) is 9.70. The summed E-state index contributed by atoms with van der Waals surface area (Å²) in [7, 11) is 0. The van der Waals surface area contributed by atoms with Crippen LogP contribution >= 0.6 is 27.5 Å². The number of nitrogens with one attached hydrogen (secondary N) is 1. The summed E-state index contributed by atoms with van der Waals surface area (Å²) >= 11 is 9.42. The predicted molar refractivity (Wildman–Crippen MR) is 88.6 cm³/mol. The van der Waals surface area contributed by atoms with Crippen LogP contribution in [0.15, 0.2) is 59.6 Å². The number of para-hydroxylation sites is 1. The predicted octanol–water partition coefficient (Wildman–Crippen LogP) is 5.28. The van der Waals surface area contributed by atoms with Crippen LogP contribution < -0.4 is 10.1 Å². The van der Waals surface area contributed by atoms with Crippen LogP contribution in [0.4, 0.5) is 5.69 Å². The molecular weight excluding hydrogens is 338 g/mol. The first-order valence-corrected chi connectivity index (χ1v) is 7.38. The Balaban J connectivity index is 2.08. The molecule has 2 aromatic rings. The molecule has 2 aromatic carbocycles. The molecule has 0 aromatic heterocycles. The summed E-state index contributed by atoms with van der Waals surface area (Å²) in [4.78, 5) is 0. The summed E-state index contributed by atoms with van der Waals surface area (Å²) in [6.07, 6.45) is 1.74. The molecule has 1 N–H and O–H groups in total. The summed E-state index contributed by atoms with van der Waals surface area (Å²) in [5, 5.41) is 4.07. The van der Waals surface area contributed by atoms with Crippen molar-refractivity contribution in [1.29, 1.82) is 0 Å². The third kappa shape index (κ3) is 4.02. The molecule has 20 heavy (non-hydrogen) atoms. The minimum Gasteiger partial charge on any atom is -0.489 e. The van der Waals surface area contributed by atoms with E-state index in [2.05, 4.69) is 27.8 Å². The Bertz CT molecular complexity index is 601. The molecule has 104 valence electrons. The molecule has 0 unspecified atom stereocenters. The maximum atomic E-state index is 5.93. The van der Waals surface area contributed by atoms with Gasteiger partial charge in [0.05, 0.1) is 0 Å². The Morgan fingerprint density at radius 3 is 2.80 bits per heavy atom. The zero-order valence-electron chi connectivity index (χ0n) is 10.9. The largest absolute Gasteiger partial charge is 0.489 e. The Morgan fingerprint density at radius 2 is 2.05 bits per heavy atom. The van der Waals surface area contributed by atoms with Crippen molar-refractivity contribution in [3.05, 3.63) is 70.2 Å². The fraction of sp³-hybridized carbons (Fsp3) is 0.125. The van der Waals surface area contributed by atoms with Crippen molar-refractivity contribution in [2.75, 3.05) is 11.9 Å². The zero-order valence-corrected chi connectivity index (χ0v) is 13.2. The number of anilines is 1. The molecule has 0 saturated carbocycles. The Kier molecular flexibility index (Phi) is 5.50. The number of hydrogen-bond donors (Lipinski definition) is 1. The van der Waals surface area contributed by atoms with Crippen LogP contribution in [0.1, 0.15) is 5.56 Å². The third-order valence-corrected chi connectivity index (χ3v) is 3.62. The molecule has 0 atom stereocenters. The molecule has 4 heteroatoms. The standard InChI is InChI=1S/C16H15BrClNO/c1-2-9-20-16-6-4-3-5-12(16)11-19-15-8-7-13(18)10-14(15)17/h2-8,10,19H,1,9,11H2.